The van der Waals surface area contributed by atoms with Gasteiger partial charge in [0.05, 0.1) is 23.7 Å². The van der Waals surface area contributed by atoms with Crippen molar-refractivity contribution in [1.82, 2.24) is 9.97 Å². The number of carbonyl (C=O) groups excluding carboxylic acids is 1. The van der Waals surface area contributed by atoms with Gasteiger partial charge < -0.3 is 9.72 Å². The number of ether oxygens (including phenoxy) is 1. The molecular formula is C10H10N2O2. The summed E-state index contributed by atoms with van der Waals surface area (Å²) >= 11 is 0. The maximum Gasteiger partial charge on any atom is 0.153 e. The van der Waals surface area contributed by atoms with Crippen LogP contribution in [0.25, 0.3) is 11.0 Å². The van der Waals surface area contributed by atoms with Gasteiger partial charge in [-0.3, -0.25) is 4.79 Å². The van der Waals surface area contributed by atoms with Crippen molar-refractivity contribution < 1.29 is 9.53 Å². The highest BCUT2D eigenvalue weighted by Crippen LogP contribution is 2.22. The zero-order valence-electron chi connectivity index (χ0n) is 8.00. The highest BCUT2D eigenvalue weighted by molar-refractivity contribution is 5.88. The molecule has 0 aliphatic rings. The Bertz CT molecular complexity index is 488. The van der Waals surface area contributed by atoms with Gasteiger partial charge in [-0.2, -0.15) is 0 Å². The fourth-order valence-corrected chi connectivity index (χ4v) is 1.45. The lowest BCUT2D eigenvalue weighted by Gasteiger charge is -2.01. The maximum atomic E-state index is 10.7. The fourth-order valence-electron chi connectivity index (χ4n) is 1.45. The first kappa shape index (κ1) is 8.74. The van der Waals surface area contributed by atoms with Gasteiger partial charge in [0.25, 0.3) is 0 Å². The van der Waals surface area contributed by atoms with Crippen molar-refractivity contribution >= 4 is 17.3 Å². The van der Waals surface area contributed by atoms with E-state index in [1.165, 1.54) is 7.11 Å². The average molecular weight is 190 g/mol. The monoisotopic (exact) mass is 190 g/mol. The number of hydrogen-bond donors (Lipinski definition) is 1. The van der Waals surface area contributed by atoms with Crippen LogP contribution in [-0.2, 0) is 0 Å². The van der Waals surface area contributed by atoms with Gasteiger partial charge in [-0.15, -0.1) is 0 Å². The molecule has 0 aliphatic heterocycles. The molecule has 0 amide bonds. The highest BCUT2D eigenvalue weighted by atomic mass is 16.5. The van der Waals surface area contributed by atoms with E-state index in [0.29, 0.717) is 11.3 Å². The number of imidazole rings is 1. The SMILES string of the molecule is COc1cc2nc(C)[nH]c2cc1C=O. The highest BCUT2D eigenvalue weighted by Gasteiger charge is 2.06. The van der Waals surface area contributed by atoms with Crippen LogP contribution in [0.1, 0.15) is 16.2 Å². The Morgan fingerprint density at radius 2 is 2.29 bits per heavy atom. The molecule has 1 N–H and O–H groups in total. The molecule has 0 spiro atoms. The van der Waals surface area contributed by atoms with Gasteiger partial charge in [0.1, 0.15) is 11.6 Å². The van der Waals surface area contributed by atoms with Crippen LogP contribution in [-0.4, -0.2) is 23.4 Å². The van der Waals surface area contributed by atoms with Crippen LogP contribution in [0.3, 0.4) is 0 Å². The first-order valence-electron chi connectivity index (χ1n) is 4.24. The van der Waals surface area contributed by atoms with Crippen molar-refractivity contribution in [2.45, 2.75) is 6.92 Å². The Morgan fingerprint density at radius 1 is 1.50 bits per heavy atom. The Labute approximate surface area is 80.9 Å². The van der Waals surface area contributed by atoms with Crippen LogP contribution in [0, 0.1) is 6.92 Å². The molecule has 0 atom stereocenters. The Balaban J connectivity index is 2.74. The van der Waals surface area contributed by atoms with E-state index in [4.69, 9.17) is 4.74 Å². The van der Waals surface area contributed by atoms with Crippen molar-refractivity contribution in [2.24, 2.45) is 0 Å². The molecular weight excluding hydrogens is 180 g/mol. The normalized spacial score (nSPS) is 10.4. The van der Waals surface area contributed by atoms with Gasteiger partial charge in [0, 0.05) is 6.07 Å². The standard InChI is InChI=1S/C10H10N2O2/c1-6-11-8-3-7(5-13)10(14-2)4-9(8)12-6/h3-5H,1-2H3,(H,11,12). The third-order valence-corrected chi connectivity index (χ3v) is 2.08. The van der Waals surface area contributed by atoms with Crippen LogP contribution in [0.4, 0.5) is 0 Å². The van der Waals surface area contributed by atoms with E-state index in [2.05, 4.69) is 9.97 Å². The average Bonchev–Trinajstić information content (AvgIpc) is 2.54. The van der Waals surface area contributed by atoms with Crippen molar-refractivity contribution in [1.29, 1.82) is 0 Å². The van der Waals surface area contributed by atoms with Gasteiger partial charge in [-0.25, -0.2) is 4.98 Å². The topological polar surface area (TPSA) is 55.0 Å². The number of rotatable bonds is 2. The third kappa shape index (κ3) is 1.25. The summed E-state index contributed by atoms with van der Waals surface area (Å²) in [5.74, 6) is 1.38. The summed E-state index contributed by atoms with van der Waals surface area (Å²) < 4.78 is 5.07. The summed E-state index contributed by atoms with van der Waals surface area (Å²) in [7, 11) is 1.54. The van der Waals surface area contributed by atoms with Crippen molar-refractivity contribution in [3.8, 4) is 5.75 Å². The summed E-state index contributed by atoms with van der Waals surface area (Å²) in [5, 5.41) is 0. The minimum Gasteiger partial charge on any atom is -0.496 e. The van der Waals surface area contributed by atoms with Crippen molar-refractivity contribution in [3.63, 3.8) is 0 Å². The number of carbonyl (C=O) groups is 1. The fraction of sp³-hybridized carbons (Fsp3) is 0.200. The van der Waals surface area contributed by atoms with Crippen LogP contribution in [0.15, 0.2) is 12.1 Å². The zero-order chi connectivity index (χ0) is 10.1. The van der Waals surface area contributed by atoms with Crippen LogP contribution in [0.5, 0.6) is 5.75 Å². The van der Waals surface area contributed by atoms with Crippen molar-refractivity contribution in [2.75, 3.05) is 7.11 Å². The van der Waals surface area contributed by atoms with E-state index in [1.807, 2.05) is 6.92 Å². The quantitative estimate of drug-likeness (QED) is 0.733. The van der Waals surface area contributed by atoms with Crippen LogP contribution < -0.4 is 4.74 Å². The van der Waals surface area contributed by atoms with Crippen LogP contribution >= 0.6 is 0 Å². The van der Waals surface area contributed by atoms with Gasteiger partial charge >= 0.3 is 0 Å². The molecule has 4 heteroatoms. The summed E-state index contributed by atoms with van der Waals surface area (Å²) in [6.45, 7) is 1.87. The molecule has 2 rings (SSSR count). The predicted octanol–water partition coefficient (Wildman–Crippen LogP) is 1.69. The zero-order valence-corrected chi connectivity index (χ0v) is 8.00. The van der Waals surface area contributed by atoms with Crippen molar-refractivity contribution in [3.05, 3.63) is 23.5 Å². The lowest BCUT2D eigenvalue weighted by Crippen LogP contribution is -1.90. The minimum absolute atomic E-state index is 0.531. The molecule has 0 saturated carbocycles. The molecule has 14 heavy (non-hydrogen) atoms. The number of aromatic amines is 1. The first-order chi connectivity index (χ1) is 6.74. The summed E-state index contributed by atoms with van der Waals surface area (Å²) in [5.41, 5.74) is 2.19. The largest absolute Gasteiger partial charge is 0.496 e. The molecule has 0 aliphatic carbocycles. The molecule has 4 nitrogen and oxygen atoms in total. The summed E-state index contributed by atoms with van der Waals surface area (Å²) in [4.78, 5) is 18.0. The summed E-state index contributed by atoms with van der Waals surface area (Å²) in [6.07, 6.45) is 0.772. The van der Waals surface area contributed by atoms with Gasteiger partial charge in [-0.1, -0.05) is 0 Å². The minimum atomic E-state index is 0.531. The first-order valence-corrected chi connectivity index (χ1v) is 4.24. The predicted molar refractivity (Wildman–Crippen MR) is 52.8 cm³/mol. The number of nitrogens with zero attached hydrogens (tertiary/aromatic N) is 1. The number of benzene rings is 1. The lowest BCUT2D eigenvalue weighted by atomic mass is 10.2. The molecule has 0 saturated heterocycles. The van der Waals surface area contributed by atoms with E-state index in [0.717, 1.165) is 23.1 Å². The van der Waals surface area contributed by atoms with E-state index in [9.17, 15) is 4.79 Å². The number of aryl methyl sites for hydroxylation is 1. The molecule has 72 valence electrons. The van der Waals surface area contributed by atoms with E-state index in [1.54, 1.807) is 12.1 Å². The molecule has 0 bridgehead atoms. The van der Waals surface area contributed by atoms with Gasteiger partial charge in [0.2, 0.25) is 0 Å². The van der Waals surface area contributed by atoms with E-state index in [-0.39, 0.29) is 0 Å². The molecule has 0 radical (unpaired) electrons. The molecule has 1 aromatic carbocycles. The molecule has 1 heterocycles. The van der Waals surface area contributed by atoms with Gasteiger partial charge in [-0.05, 0) is 13.0 Å². The number of fused-ring (bicyclic) bond motifs is 1. The Kier molecular flexibility index (Phi) is 1.96. The Hall–Kier alpha value is -1.84. The lowest BCUT2D eigenvalue weighted by molar-refractivity contribution is 0.112. The molecule has 0 fully saturated rings. The number of methoxy groups -OCH3 is 1. The number of aldehydes is 1. The second-order valence-electron chi connectivity index (χ2n) is 3.05. The number of hydrogen-bond acceptors (Lipinski definition) is 3. The number of H-pyrrole nitrogens is 1. The summed E-state index contributed by atoms with van der Waals surface area (Å²) in [6, 6.07) is 3.49. The molecule has 0 unspecified atom stereocenters. The molecule has 2 aromatic rings. The maximum absolute atomic E-state index is 10.7. The molecule has 1 aromatic heterocycles. The Morgan fingerprint density at radius 3 is 2.93 bits per heavy atom. The van der Waals surface area contributed by atoms with E-state index < -0.39 is 0 Å². The van der Waals surface area contributed by atoms with Crippen LogP contribution in [0.2, 0.25) is 0 Å². The third-order valence-electron chi connectivity index (χ3n) is 2.08. The van der Waals surface area contributed by atoms with Gasteiger partial charge in [0.15, 0.2) is 6.29 Å². The van der Waals surface area contributed by atoms with E-state index >= 15 is 0 Å². The smallest absolute Gasteiger partial charge is 0.153 e. The number of nitrogens with one attached hydrogen (secondary N) is 1. The second-order valence-corrected chi connectivity index (χ2v) is 3.05. The number of aromatic nitrogens is 2. The second kappa shape index (κ2) is 3.14.